The molecule has 0 saturated carbocycles. The summed E-state index contributed by atoms with van der Waals surface area (Å²) in [6, 6.07) is 1.18. The molecule has 1 aromatic carbocycles. The van der Waals surface area contributed by atoms with Crippen molar-refractivity contribution in [2.75, 3.05) is 0 Å². The Hall–Kier alpha value is -1.07. The number of benzene rings is 1. The first-order valence-corrected chi connectivity index (χ1v) is 5.49. The second-order valence-electron chi connectivity index (χ2n) is 3.10. The van der Waals surface area contributed by atoms with E-state index in [-0.39, 0.29) is 35.1 Å². The third-order valence-electron chi connectivity index (χ3n) is 1.95. The maximum absolute atomic E-state index is 10.9. The Kier molecular flexibility index (Phi) is 5.37. The van der Waals surface area contributed by atoms with Crippen LogP contribution in [0, 0.1) is 27.2 Å². The van der Waals surface area contributed by atoms with Gasteiger partial charge in [0.15, 0.2) is 4.90 Å². The molecule has 0 spiro atoms. The Morgan fingerprint density at radius 1 is 1.11 bits per heavy atom. The van der Waals surface area contributed by atoms with Crippen LogP contribution in [0.1, 0.15) is 5.56 Å². The summed E-state index contributed by atoms with van der Waals surface area (Å²) in [5.41, 5.74) is -1.73. The zero-order chi connectivity index (χ0) is 13.4. The molecule has 0 unspecified atom stereocenters. The summed E-state index contributed by atoms with van der Waals surface area (Å²) in [5, 5.41) is 21.1. The number of hydrogen-bond acceptors (Lipinski definition) is 6. The van der Waals surface area contributed by atoms with Gasteiger partial charge < -0.3 is 0 Å². The number of hydrogen-bond donors (Lipinski definition) is 1. The number of nitro benzene ring substituents is 2. The first kappa shape index (κ1) is 16.9. The number of nitrogens with zero attached hydrogens (tertiary/aromatic N) is 2. The molecule has 0 aliphatic heterocycles. The quantitative estimate of drug-likeness (QED) is 0.295. The van der Waals surface area contributed by atoms with Gasteiger partial charge in [-0.05, 0) is 13.0 Å². The van der Waals surface area contributed by atoms with E-state index in [0.717, 1.165) is 0 Å². The molecule has 0 fully saturated rings. The summed E-state index contributed by atoms with van der Waals surface area (Å²) in [5.74, 6) is 0. The monoisotopic (exact) mass is 285 g/mol. The smallest absolute Gasteiger partial charge is 0.282 e. The number of aryl methyl sites for hydroxylation is 1. The summed E-state index contributed by atoms with van der Waals surface area (Å²) in [4.78, 5) is 18.1. The normalized spacial score (nSPS) is 10.6. The van der Waals surface area contributed by atoms with Crippen molar-refractivity contribution < 1.29 is 52.4 Å². The van der Waals surface area contributed by atoms with Crippen LogP contribution in [0.4, 0.5) is 11.4 Å². The SMILES string of the molecule is Cc1cc(S(=O)(=O)O)c([N+](=O)[O-])cc1[N+](=O)[O-].[Na+]. The van der Waals surface area contributed by atoms with Gasteiger partial charge in [-0.15, -0.1) is 0 Å². The number of nitro groups is 2. The van der Waals surface area contributed by atoms with Gasteiger partial charge in [0, 0.05) is 5.56 Å². The molecule has 92 valence electrons. The van der Waals surface area contributed by atoms with Crippen LogP contribution in [0.25, 0.3) is 0 Å². The fraction of sp³-hybridized carbons (Fsp3) is 0.143. The molecule has 1 aromatic rings. The fourth-order valence-electron chi connectivity index (χ4n) is 1.20. The molecule has 0 amide bonds. The molecule has 0 heterocycles. The van der Waals surface area contributed by atoms with Crippen molar-refractivity contribution in [2.24, 2.45) is 0 Å². The summed E-state index contributed by atoms with van der Waals surface area (Å²) in [6.45, 7) is 1.20. The first-order valence-electron chi connectivity index (χ1n) is 4.05. The Morgan fingerprint density at radius 2 is 1.56 bits per heavy atom. The van der Waals surface area contributed by atoms with Crippen molar-refractivity contribution in [3.63, 3.8) is 0 Å². The summed E-state index contributed by atoms with van der Waals surface area (Å²) in [6.07, 6.45) is 0. The van der Waals surface area contributed by atoms with Gasteiger partial charge >= 0.3 is 39.7 Å². The number of rotatable bonds is 3. The Balaban J connectivity index is 0.00000289. The molecule has 11 heteroatoms. The van der Waals surface area contributed by atoms with Gasteiger partial charge in [-0.2, -0.15) is 8.42 Å². The first-order chi connectivity index (χ1) is 7.64. The van der Waals surface area contributed by atoms with Gasteiger partial charge in [0.1, 0.15) is 0 Å². The van der Waals surface area contributed by atoms with Crippen LogP contribution in [-0.4, -0.2) is 22.8 Å². The molecule has 0 saturated heterocycles. The van der Waals surface area contributed by atoms with Gasteiger partial charge in [-0.25, -0.2) is 0 Å². The fourth-order valence-corrected chi connectivity index (χ4v) is 1.93. The van der Waals surface area contributed by atoms with Crippen molar-refractivity contribution in [2.45, 2.75) is 11.8 Å². The van der Waals surface area contributed by atoms with E-state index in [4.69, 9.17) is 4.55 Å². The van der Waals surface area contributed by atoms with Crippen LogP contribution in [0.3, 0.4) is 0 Å². The molecular formula is C7H6N2NaO7S+. The predicted octanol–water partition coefficient (Wildman–Crippen LogP) is -1.94. The van der Waals surface area contributed by atoms with Crippen LogP contribution >= 0.6 is 0 Å². The standard InChI is InChI=1S/C7H6N2O7S.Na/c1-4-2-7(17(14,15)16)6(9(12)13)3-5(4)8(10)11;/h2-3H,1H3,(H,14,15,16);/q;+1. The maximum atomic E-state index is 10.9. The third-order valence-corrected chi connectivity index (χ3v) is 2.83. The van der Waals surface area contributed by atoms with Crippen molar-refractivity contribution in [1.82, 2.24) is 0 Å². The van der Waals surface area contributed by atoms with E-state index < -0.39 is 36.2 Å². The van der Waals surface area contributed by atoms with Crippen LogP contribution in [-0.2, 0) is 10.1 Å². The summed E-state index contributed by atoms with van der Waals surface area (Å²) in [7, 11) is -4.81. The molecule has 0 aliphatic carbocycles. The molecule has 0 aliphatic rings. The second kappa shape index (κ2) is 5.71. The predicted molar refractivity (Wildman–Crippen MR) is 54.3 cm³/mol. The van der Waals surface area contributed by atoms with Gasteiger partial charge in [-0.1, -0.05) is 0 Å². The topological polar surface area (TPSA) is 141 Å². The Morgan fingerprint density at radius 3 is 1.89 bits per heavy atom. The molecule has 0 aromatic heterocycles. The minimum atomic E-state index is -4.81. The third kappa shape index (κ3) is 3.46. The summed E-state index contributed by atoms with van der Waals surface area (Å²) >= 11 is 0. The minimum absolute atomic E-state index is 0. The van der Waals surface area contributed by atoms with E-state index in [1.165, 1.54) is 6.92 Å². The van der Waals surface area contributed by atoms with Crippen molar-refractivity contribution in [3.8, 4) is 0 Å². The molecule has 0 radical (unpaired) electrons. The summed E-state index contributed by atoms with van der Waals surface area (Å²) < 4.78 is 30.5. The Labute approximate surface area is 123 Å². The molecule has 1 rings (SSSR count). The largest absolute Gasteiger partial charge is 1.00 e. The van der Waals surface area contributed by atoms with E-state index in [1.54, 1.807) is 0 Å². The molecule has 1 N–H and O–H groups in total. The van der Waals surface area contributed by atoms with Gasteiger partial charge in [-0.3, -0.25) is 24.8 Å². The average molecular weight is 285 g/mol. The van der Waals surface area contributed by atoms with Crippen LogP contribution in [0.15, 0.2) is 17.0 Å². The van der Waals surface area contributed by atoms with E-state index in [0.29, 0.717) is 12.1 Å². The minimum Gasteiger partial charge on any atom is -0.282 e. The van der Waals surface area contributed by atoms with Gasteiger partial charge in [0.05, 0.1) is 15.9 Å². The van der Waals surface area contributed by atoms with Crippen LogP contribution in [0.5, 0.6) is 0 Å². The van der Waals surface area contributed by atoms with Crippen LogP contribution < -0.4 is 29.6 Å². The zero-order valence-corrected chi connectivity index (χ0v) is 12.2. The van der Waals surface area contributed by atoms with Gasteiger partial charge in [0.25, 0.3) is 11.4 Å². The van der Waals surface area contributed by atoms with E-state index in [2.05, 4.69) is 0 Å². The van der Waals surface area contributed by atoms with E-state index in [1.807, 2.05) is 0 Å². The van der Waals surface area contributed by atoms with E-state index in [9.17, 15) is 28.6 Å². The molecule has 0 atom stereocenters. The van der Waals surface area contributed by atoms with E-state index >= 15 is 0 Å². The Bertz CT molecular complexity index is 612. The second-order valence-corrected chi connectivity index (χ2v) is 4.49. The van der Waals surface area contributed by atoms with Crippen molar-refractivity contribution in [3.05, 3.63) is 37.9 Å². The van der Waals surface area contributed by atoms with Crippen LogP contribution in [0.2, 0.25) is 0 Å². The van der Waals surface area contributed by atoms with Crippen molar-refractivity contribution in [1.29, 1.82) is 0 Å². The van der Waals surface area contributed by atoms with Crippen molar-refractivity contribution >= 4 is 21.5 Å². The maximum Gasteiger partial charge on any atom is 1.00 e. The molecule has 9 nitrogen and oxygen atoms in total. The molecular weight excluding hydrogens is 279 g/mol. The zero-order valence-electron chi connectivity index (χ0n) is 9.35. The average Bonchev–Trinajstić information content (AvgIpc) is 2.14. The van der Waals surface area contributed by atoms with Gasteiger partial charge in [0.2, 0.25) is 0 Å². The molecule has 0 bridgehead atoms. The molecule has 18 heavy (non-hydrogen) atoms.